The first-order chi connectivity index (χ1) is 10.4. The fourth-order valence-electron chi connectivity index (χ4n) is 2.16. The van der Waals surface area contributed by atoms with Crippen molar-refractivity contribution in [1.82, 2.24) is 4.90 Å². The zero-order chi connectivity index (χ0) is 16.3. The molecule has 3 nitrogen and oxygen atoms in total. The minimum Gasteiger partial charge on any atom is -0.380 e. The molecule has 1 N–H and O–H groups in total. The van der Waals surface area contributed by atoms with Crippen molar-refractivity contribution in [2.75, 3.05) is 19.4 Å². The van der Waals surface area contributed by atoms with E-state index in [-0.39, 0.29) is 5.91 Å². The predicted molar refractivity (Wildman–Crippen MR) is 93.0 cm³/mol. The predicted octanol–water partition coefficient (Wildman–Crippen LogP) is 4.62. The van der Waals surface area contributed by atoms with Crippen molar-refractivity contribution in [2.45, 2.75) is 13.5 Å². The van der Waals surface area contributed by atoms with Gasteiger partial charge in [-0.3, -0.25) is 4.79 Å². The average molecular weight is 337 g/mol. The minimum absolute atomic E-state index is 0.0571. The van der Waals surface area contributed by atoms with E-state index in [4.69, 9.17) is 23.2 Å². The molecule has 0 radical (unpaired) electrons. The molecule has 22 heavy (non-hydrogen) atoms. The number of anilines is 1. The quantitative estimate of drug-likeness (QED) is 0.883. The van der Waals surface area contributed by atoms with Crippen LogP contribution in [0.15, 0.2) is 36.4 Å². The van der Waals surface area contributed by atoms with Crippen LogP contribution < -0.4 is 5.32 Å². The number of hydrogen-bond donors (Lipinski definition) is 1. The van der Waals surface area contributed by atoms with Gasteiger partial charge in [0.25, 0.3) is 5.91 Å². The van der Waals surface area contributed by atoms with E-state index in [0.29, 0.717) is 22.2 Å². The zero-order valence-corrected chi connectivity index (χ0v) is 14.3. The van der Waals surface area contributed by atoms with Crippen LogP contribution in [0.1, 0.15) is 21.5 Å². The Balaban J connectivity index is 2.18. The summed E-state index contributed by atoms with van der Waals surface area (Å²) in [6.45, 7) is 2.58. The Morgan fingerprint density at radius 1 is 1.14 bits per heavy atom. The normalized spacial score (nSPS) is 10.4. The van der Waals surface area contributed by atoms with Crippen molar-refractivity contribution in [3.63, 3.8) is 0 Å². The van der Waals surface area contributed by atoms with Gasteiger partial charge < -0.3 is 10.2 Å². The van der Waals surface area contributed by atoms with Crippen LogP contribution in [0, 0.1) is 6.92 Å². The highest BCUT2D eigenvalue weighted by atomic mass is 35.5. The third-order valence-corrected chi connectivity index (χ3v) is 3.75. The lowest BCUT2D eigenvalue weighted by atomic mass is 10.1. The largest absolute Gasteiger partial charge is 0.380 e. The number of rotatable bonds is 4. The van der Waals surface area contributed by atoms with Gasteiger partial charge in [-0.25, -0.2) is 0 Å². The van der Waals surface area contributed by atoms with E-state index in [1.807, 2.05) is 19.1 Å². The Bertz CT molecular complexity index is 679. The summed E-state index contributed by atoms with van der Waals surface area (Å²) in [5.41, 5.74) is 3.49. The Kier molecular flexibility index (Phi) is 5.33. The molecular weight excluding hydrogens is 319 g/mol. The van der Waals surface area contributed by atoms with Crippen molar-refractivity contribution < 1.29 is 4.79 Å². The van der Waals surface area contributed by atoms with Crippen molar-refractivity contribution >= 4 is 34.8 Å². The fraction of sp³-hybridized carbons (Fsp3) is 0.235. The van der Waals surface area contributed by atoms with Crippen LogP contribution >= 0.6 is 23.2 Å². The Hall–Kier alpha value is -1.71. The standard InChI is InChI=1S/C17H18Cl2N2O/c1-11-6-12(8-14(18)7-11)10-20-16-9-13(4-5-15(16)19)17(22)21(2)3/h4-9,20H,10H2,1-3H3. The van der Waals surface area contributed by atoms with Crippen LogP contribution in [0.25, 0.3) is 0 Å². The highest BCUT2D eigenvalue weighted by Crippen LogP contribution is 2.25. The lowest BCUT2D eigenvalue weighted by Gasteiger charge is -2.14. The maximum Gasteiger partial charge on any atom is 0.253 e. The number of carbonyl (C=O) groups excluding carboxylic acids is 1. The van der Waals surface area contributed by atoms with Gasteiger partial charge in [0.2, 0.25) is 0 Å². The third kappa shape index (κ3) is 4.15. The van der Waals surface area contributed by atoms with Crippen molar-refractivity contribution in [1.29, 1.82) is 0 Å². The summed E-state index contributed by atoms with van der Waals surface area (Å²) in [6.07, 6.45) is 0. The minimum atomic E-state index is -0.0571. The molecule has 0 aliphatic rings. The summed E-state index contributed by atoms with van der Waals surface area (Å²) < 4.78 is 0. The molecule has 0 saturated carbocycles. The fourth-order valence-corrected chi connectivity index (χ4v) is 2.66. The molecule has 2 aromatic rings. The molecule has 0 fully saturated rings. The number of amides is 1. The van der Waals surface area contributed by atoms with Gasteiger partial charge in [0.15, 0.2) is 0 Å². The summed E-state index contributed by atoms with van der Waals surface area (Å²) >= 11 is 12.3. The van der Waals surface area contributed by atoms with Crippen LogP contribution in [0.4, 0.5) is 5.69 Å². The zero-order valence-electron chi connectivity index (χ0n) is 12.8. The molecule has 116 valence electrons. The van der Waals surface area contributed by atoms with Crippen molar-refractivity contribution in [3.05, 3.63) is 63.1 Å². The highest BCUT2D eigenvalue weighted by molar-refractivity contribution is 6.33. The van der Waals surface area contributed by atoms with Gasteiger partial charge >= 0.3 is 0 Å². The van der Waals surface area contributed by atoms with Gasteiger partial charge in [-0.1, -0.05) is 29.3 Å². The van der Waals surface area contributed by atoms with Crippen LogP contribution in [-0.4, -0.2) is 24.9 Å². The molecule has 0 aliphatic heterocycles. The van der Waals surface area contributed by atoms with Gasteiger partial charge in [-0.15, -0.1) is 0 Å². The van der Waals surface area contributed by atoms with E-state index in [2.05, 4.69) is 11.4 Å². The van der Waals surface area contributed by atoms with E-state index in [0.717, 1.165) is 16.8 Å². The number of hydrogen-bond acceptors (Lipinski definition) is 2. The number of halogens is 2. The number of nitrogens with zero attached hydrogens (tertiary/aromatic N) is 1. The van der Waals surface area contributed by atoms with Crippen LogP contribution in [0.5, 0.6) is 0 Å². The average Bonchev–Trinajstić information content (AvgIpc) is 2.44. The molecule has 0 heterocycles. The number of benzene rings is 2. The maximum absolute atomic E-state index is 12.0. The smallest absolute Gasteiger partial charge is 0.253 e. The first kappa shape index (κ1) is 16.7. The van der Waals surface area contributed by atoms with Crippen molar-refractivity contribution in [2.24, 2.45) is 0 Å². The summed E-state index contributed by atoms with van der Waals surface area (Å²) in [6, 6.07) is 11.1. The van der Waals surface area contributed by atoms with E-state index in [1.165, 1.54) is 4.90 Å². The van der Waals surface area contributed by atoms with E-state index < -0.39 is 0 Å². The topological polar surface area (TPSA) is 32.3 Å². The number of carbonyl (C=O) groups is 1. The van der Waals surface area contributed by atoms with E-state index >= 15 is 0 Å². The molecule has 0 aromatic heterocycles. The van der Waals surface area contributed by atoms with Gasteiger partial charge in [0, 0.05) is 31.2 Å². The highest BCUT2D eigenvalue weighted by Gasteiger charge is 2.10. The summed E-state index contributed by atoms with van der Waals surface area (Å²) in [4.78, 5) is 13.5. The summed E-state index contributed by atoms with van der Waals surface area (Å²) in [5.74, 6) is -0.0571. The SMILES string of the molecule is Cc1cc(Cl)cc(CNc2cc(C(=O)N(C)C)ccc2Cl)c1. The van der Waals surface area contributed by atoms with Gasteiger partial charge in [-0.05, 0) is 48.4 Å². The van der Waals surface area contributed by atoms with Gasteiger partial charge in [0.1, 0.15) is 0 Å². The number of aryl methyl sites for hydroxylation is 1. The summed E-state index contributed by atoms with van der Waals surface area (Å²) in [7, 11) is 3.44. The van der Waals surface area contributed by atoms with Crippen LogP contribution in [0.3, 0.4) is 0 Å². The Labute approximate surface area is 140 Å². The summed E-state index contributed by atoms with van der Waals surface area (Å²) in [5, 5.41) is 4.54. The third-order valence-electron chi connectivity index (χ3n) is 3.20. The molecule has 2 aromatic carbocycles. The van der Waals surface area contributed by atoms with Gasteiger partial charge in [0.05, 0.1) is 10.7 Å². The number of nitrogens with one attached hydrogen (secondary N) is 1. The maximum atomic E-state index is 12.0. The van der Waals surface area contributed by atoms with Crippen molar-refractivity contribution in [3.8, 4) is 0 Å². The van der Waals surface area contributed by atoms with Crippen LogP contribution in [0.2, 0.25) is 10.0 Å². The molecule has 0 spiro atoms. The molecular formula is C17H18Cl2N2O. The molecule has 0 saturated heterocycles. The van der Waals surface area contributed by atoms with Crippen LogP contribution in [-0.2, 0) is 6.54 Å². The molecule has 1 amide bonds. The second-order valence-corrected chi connectivity index (χ2v) is 6.23. The Morgan fingerprint density at radius 2 is 1.86 bits per heavy atom. The molecule has 5 heteroatoms. The lowest BCUT2D eigenvalue weighted by Crippen LogP contribution is -2.21. The second kappa shape index (κ2) is 7.03. The van der Waals surface area contributed by atoms with Gasteiger partial charge in [-0.2, -0.15) is 0 Å². The first-order valence-electron chi connectivity index (χ1n) is 6.88. The molecule has 0 aliphatic carbocycles. The van der Waals surface area contributed by atoms with E-state index in [1.54, 1.807) is 32.3 Å². The Morgan fingerprint density at radius 3 is 2.50 bits per heavy atom. The molecule has 2 rings (SSSR count). The van der Waals surface area contributed by atoms with E-state index in [9.17, 15) is 4.79 Å². The molecule has 0 unspecified atom stereocenters. The lowest BCUT2D eigenvalue weighted by molar-refractivity contribution is 0.0827. The first-order valence-corrected chi connectivity index (χ1v) is 7.63. The molecule has 0 bridgehead atoms. The second-order valence-electron chi connectivity index (χ2n) is 5.38. The monoisotopic (exact) mass is 336 g/mol. The molecule has 0 atom stereocenters.